The Morgan fingerprint density at radius 3 is 2.56 bits per heavy atom. The molecule has 2 fully saturated rings. The molecule has 1 aliphatic heterocycles. The predicted molar refractivity (Wildman–Crippen MR) is 103 cm³/mol. The summed E-state index contributed by atoms with van der Waals surface area (Å²) in [5.41, 5.74) is 15.0. The third kappa shape index (κ3) is 2.96. The van der Waals surface area contributed by atoms with Crippen molar-refractivity contribution in [3.8, 4) is 11.3 Å². The van der Waals surface area contributed by atoms with Crippen LogP contribution in [0.15, 0.2) is 24.4 Å². The van der Waals surface area contributed by atoms with Gasteiger partial charge in [-0.1, -0.05) is 29.8 Å². The van der Waals surface area contributed by atoms with Crippen LogP contribution in [-0.2, 0) is 0 Å². The summed E-state index contributed by atoms with van der Waals surface area (Å²) >= 11 is 6.41. The van der Waals surface area contributed by atoms with Gasteiger partial charge in [0, 0.05) is 24.2 Å². The Kier molecular flexibility index (Phi) is 3.89. The van der Waals surface area contributed by atoms with Gasteiger partial charge in [0.15, 0.2) is 5.82 Å². The van der Waals surface area contributed by atoms with Crippen LogP contribution in [0.5, 0.6) is 0 Å². The van der Waals surface area contributed by atoms with Crippen molar-refractivity contribution < 1.29 is 0 Å². The van der Waals surface area contributed by atoms with Crippen LogP contribution in [0, 0.1) is 18.8 Å². The molecule has 0 unspecified atom stereocenters. The number of nitrogens with two attached hydrogens (primary N) is 2. The van der Waals surface area contributed by atoms with Crippen LogP contribution in [0.4, 0.5) is 11.6 Å². The Morgan fingerprint density at radius 2 is 1.92 bits per heavy atom. The molecule has 4 N–H and O–H groups in total. The quantitative estimate of drug-likeness (QED) is 0.862. The molecule has 1 aromatic heterocycles. The number of hydrogen-bond donors (Lipinski definition) is 2. The number of hydrogen-bond acceptors (Lipinski definition) is 5. The van der Waals surface area contributed by atoms with E-state index in [-0.39, 0.29) is 5.54 Å². The number of aromatic nitrogens is 2. The molecule has 0 spiro atoms. The monoisotopic (exact) mass is 357 g/mol. The van der Waals surface area contributed by atoms with Gasteiger partial charge in [0.2, 0.25) is 0 Å². The van der Waals surface area contributed by atoms with Crippen LogP contribution in [0.3, 0.4) is 0 Å². The van der Waals surface area contributed by atoms with Crippen molar-refractivity contribution in [2.45, 2.75) is 32.2 Å². The predicted octanol–water partition coefficient (Wildman–Crippen LogP) is 3.25. The minimum absolute atomic E-state index is 0.0160. The molecule has 5 nitrogen and oxygen atoms in total. The van der Waals surface area contributed by atoms with E-state index in [0.29, 0.717) is 28.4 Å². The zero-order chi connectivity index (χ0) is 17.8. The normalized spacial score (nSPS) is 28.4. The van der Waals surface area contributed by atoms with Crippen molar-refractivity contribution >= 4 is 23.2 Å². The maximum Gasteiger partial charge on any atom is 0.152 e. The summed E-state index contributed by atoms with van der Waals surface area (Å²) in [4.78, 5) is 11.5. The van der Waals surface area contributed by atoms with Crippen molar-refractivity contribution in [1.82, 2.24) is 9.97 Å². The molecule has 0 amide bonds. The van der Waals surface area contributed by atoms with E-state index >= 15 is 0 Å². The number of rotatable bonds is 2. The first-order valence-corrected chi connectivity index (χ1v) is 9.14. The number of benzene rings is 1. The second kappa shape index (κ2) is 5.85. The van der Waals surface area contributed by atoms with E-state index in [0.717, 1.165) is 42.9 Å². The zero-order valence-electron chi connectivity index (χ0n) is 14.7. The Labute approximate surface area is 153 Å². The van der Waals surface area contributed by atoms with Crippen LogP contribution in [0.2, 0.25) is 5.02 Å². The fraction of sp³-hybridized carbons (Fsp3) is 0.474. The first kappa shape index (κ1) is 16.6. The second-order valence-corrected chi connectivity index (χ2v) is 8.26. The van der Waals surface area contributed by atoms with Gasteiger partial charge in [0.05, 0.1) is 11.2 Å². The van der Waals surface area contributed by atoms with E-state index in [1.54, 1.807) is 0 Å². The third-order valence-electron chi connectivity index (χ3n) is 5.59. The minimum atomic E-state index is -0.0160. The van der Waals surface area contributed by atoms with Crippen LogP contribution >= 0.6 is 11.6 Å². The average Bonchev–Trinajstić information content (AvgIpc) is 3.04. The van der Waals surface area contributed by atoms with E-state index in [2.05, 4.69) is 21.8 Å². The molecule has 0 bridgehead atoms. The van der Waals surface area contributed by atoms with Crippen molar-refractivity contribution in [3.05, 3.63) is 35.0 Å². The second-order valence-electron chi connectivity index (χ2n) is 7.89. The molecule has 2 heterocycles. The lowest BCUT2D eigenvalue weighted by Crippen LogP contribution is -2.35. The number of aryl methyl sites for hydroxylation is 1. The first-order chi connectivity index (χ1) is 11.8. The highest BCUT2D eigenvalue weighted by Gasteiger charge is 2.45. The van der Waals surface area contributed by atoms with Gasteiger partial charge in [-0.2, -0.15) is 0 Å². The molecule has 1 saturated heterocycles. The zero-order valence-corrected chi connectivity index (χ0v) is 15.4. The van der Waals surface area contributed by atoms with Gasteiger partial charge in [-0.05, 0) is 44.1 Å². The van der Waals surface area contributed by atoms with E-state index < -0.39 is 0 Å². The number of fused-ring (bicyclic) bond motifs is 1. The van der Waals surface area contributed by atoms with E-state index in [4.69, 9.17) is 23.1 Å². The lowest BCUT2D eigenvalue weighted by molar-refractivity contribution is 0.449. The van der Waals surface area contributed by atoms with Gasteiger partial charge in [0.25, 0.3) is 0 Å². The maximum atomic E-state index is 6.41. The minimum Gasteiger partial charge on any atom is -0.382 e. The molecule has 2 aromatic rings. The highest BCUT2D eigenvalue weighted by Crippen LogP contribution is 2.43. The summed E-state index contributed by atoms with van der Waals surface area (Å²) in [5, 5.41) is 0.675. The highest BCUT2D eigenvalue weighted by atomic mass is 35.5. The van der Waals surface area contributed by atoms with E-state index in [9.17, 15) is 0 Å². The van der Waals surface area contributed by atoms with Crippen LogP contribution in [0.25, 0.3) is 11.3 Å². The summed E-state index contributed by atoms with van der Waals surface area (Å²) in [6, 6.07) is 5.85. The van der Waals surface area contributed by atoms with Gasteiger partial charge in [0.1, 0.15) is 11.5 Å². The van der Waals surface area contributed by atoms with Gasteiger partial charge in [-0.3, -0.25) is 0 Å². The summed E-state index contributed by atoms with van der Waals surface area (Å²) in [6.07, 6.45) is 3.97. The Morgan fingerprint density at radius 1 is 1.24 bits per heavy atom. The fourth-order valence-electron chi connectivity index (χ4n) is 4.45. The molecule has 2 aliphatic rings. The molecule has 3 atom stereocenters. The molecule has 0 radical (unpaired) electrons. The average molecular weight is 358 g/mol. The Balaban J connectivity index is 1.58. The molecule has 4 rings (SSSR count). The van der Waals surface area contributed by atoms with Gasteiger partial charge in [-0.15, -0.1) is 0 Å². The number of anilines is 2. The standard InChI is InChI=1S/C19H24ClN5/c1-11-4-3-5-14(16(11)20)17-18(21)24-15(8-23-17)25-9-12-6-19(2,22)7-13(12)10-25/h3-5,8,12-13H,6-7,9-10,22H2,1-2H3,(H2,21,24)/t12-,13+,19+. The van der Waals surface area contributed by atoms with Crippen molar-refractivity contribution in [3.63, 3.8) is 0 Å². The molecule has 1 saturated carbocycles. The Hall–Kier alpha value is -1.85. The third-order valence-corrected chi connectivity index (χ3v) is 6.09. The van der Waals surface area contributed by atoms with Crippen LogP contribution in [0.1, 0.15) is 25.3 Å². The van der Waals surface area contributed by atoms with E-state index in [1.165, 1.54) is 0 Å². The lowest BCUT2D eigenvalue weighted by atomic mass is 10.00. The molecule has 1 aliphatic carbocycles. The number of nitrogens with zero attached hydrogens (tertiary/aromatic N) is 3. The van der Waals surface area contributed by atoms with Gasteiger partial charge in [-0.25, -0.2) is 9.97 Å². The smallest absolute Gasteiger partial charge is 0.152 e. The van der Waals surface area contributed by atoms with Gasteiger partial charge >= 0.3 is 0 Å². The molecular weight excluding hydrogens is 334 g/mol. The number of nitrogen functional groups attached to an aromatic ring is 1. The molecule has 6 heteroatoms. The van der Waals surface area contributed by atoms with Crippen LogP contribution in [-0.4, -0.2) is 28.6 Å². The largest absolute Gasteiger partial charge is 0.382 e. The summed E-state index contributed by atoms with van der Waals surface area (Å²) in [6.45, 7) is 6.10. The summed E-state index contributed by atoms with van der Waals surface area (Å²) in [5.74, 6) is 2.55. The van der Waals surface area contributed by atoms with Crippen molar-refractivity contribution in [1.29, 1.82) is 0 Å². The van der Waals surface area contributed by atoms with Gasteiger partial charge < -0.3 is 16.4 Å². The molecule has 25 heavy (non-hydrogen) atoms. The highest BCUT2D eigenvalue weighted by molar-refractivity contribution is 6.34. The fourth-order valence-corrected chi connectivity index (χ4v) is 4.67. The molecule has 132 valence electrons. The molecule has 1 aromatic carbocycles. The van der Waals surface area contributed by atoms with Crippen molar-refractivity contribution in [2.24, 2.45) is 17.6 Å². The molecular formula is C19H24ClN5. The van der Waals surface area contributed by atoms with Crippen molar-refractivity contribution in [2.75, 3.05) is 23.7 Å². The summed E-state index contributed by atoms with van der Waals surface area (Å²) in [7, 11) is 0. The maximum absolute atomic E-state index is 6.41. The Bertz CT molecular complexity index is 803. The van der Waals surface area contributed by atoms with E-state index in [1.807, 2.05) is 31.3 Å². The SMILES string of the molecule is Cc1cccc(-c2ncc(N3C[C@@H]4C[C@@](C)(N)C[C@@H]4C3)nc2N)c1Cl. The topological polar surface area (TPSA) is 81.1 Å². The van der Waals surface area contributed by atoms with Crippen LogP contribution < -0.4 is 16.4 Å². The lowest BCUT2D eigenvalue weighted by Gasteiger charge is -2.23. The number of halogens is 1. The first-order valence-electron chi connectivity index (χ1n) is 8.76. The summed E-state index contributed by atoms with van der Waals surface area (Å²) < 4.78 is 0.